The van der Waals surface area contributed by atoms with Crippen LogP contribution in [0.2, 0.25) is 5.02 Å². The first-order valence-electron chi connectivity index (χ1n) is 8.59. The fraction of sp³-hybridized carbons (Fsp3) is 0.667. The lowest BCUT2D eigenvalue weighted by atomic mass is 9.87. The van der Waals surface area contributed by atoms with Gasteiger partial charge in [-0.1, -0.05) is 23.7 Å². The molecule has 2 aliphatic heterocycles. The summed E-state index contributed by atoms with van der Waals surface area (Å²) in [7, 11) is 0. The van der Waals surface area contributed by atoms with E-state index in [1.807, 2.05) is 24.3 Å². The van der Waals surface area contributed by atoms with Gasteiger partial charge in [0.1, 0.15) is 0 Å². The summed E-state index contributed by atoms with van der Waals surface area (Å²) in [6, 6.07) is 7.64. The van der Waals surface area contributed by atoms with E-state index >= 15 is 0 Å². The zero-order valence-corrected chi connectivity index (χ0v) is 15.2. The number of hydrogen-bond donors (Lipinski definition) is 2. The van der Waals surface area contributed by atoms with Crippen molar-refractivity contribution in [3.8, 4) is 0 Å². The highest BCUT2D eigenvalue weighted by molar-refractivity contribution is 6.30. The van der Waals surface area contributed by atoms with Crippen LogP contribution in [0.3, 0.4) is 0 Å². The summed E-state index contributed by atoms with van der Waals surface area (Å²) >= 11 is 5.92. The highest BCUT2D eigenvalue weighted by Gasteiger charge is 2.27. The third-order valence-electron chi connectivity index (χ3n) is 5.27. The average molecular weight is 359 g/mol. The molecule has 0 radical (unpaired) electrons. The van der Waals surface area contributed by atoms with Gasteiger partial charge in [-0.15, -0.1) is 12.4 Å². The Hall–Kier alpha value is -0.320. The number of likely N-dealkylation sites (tertiary alicyclic amines) is 1. The molecule has 2 aliphatic rings. The molecule has 2 saturated heterocycles. The molecular weight excluding hydrogens is 331 g/mol. The first kappa shape index (κ1) is 19.0. The smallest absolute Gasteiger partial charge is 0.0819 e. The second kappa shape index (κ2) is 9.24. The lowest BCUT2D eigenvalue weighted by molar-refractivity contribution is 0.0525. The molecule has 0 aliphatic carbocycles. The van der Waals surface area contributed by atoms with Crippen LogP contribution in [0.15, 0.2) is 24.3 Å². The minimum Gasteiger partial charge on any atom is -0.388 e. The number of hydrogen-bond acceptors (Lipinski definition) is 3. The van der Waals surface area contributed by atoms with Crippen LogP contribution < -0.4 is 5.32 Å². The molecule has 0 bridgehead atoms. The number of halogens is 2. The molecule has 0 aromatic heterocycles. The van der Waals surface area contributed by atoms with Crippen molar-refractivity contribution >= 4 is 24.0 Å². The van der Waals surface area contributed by atoms with E-state index in [1.165, 1.54) is 32.5 Å². The van der Waals surface area contributed by atoms with E-state index in [4.69, 9.17) is 11.6 Å². The van der Waals surface area contributed by atoms with Gasteiger partial charge in [-0.05, 0) is 81.4 Å². The predicted molar refractivity (Wildman–Crippen MR) is 98.4 cm³/mol. The number of aliphatic hydroxyl groups excluding tert-OH is 1. The number of rotatable bonds is 4. The Morgan fingerprint density at radius 2 is 1.70 bits per heavy atom. The maximum atomic E-state index is 10.6. The first-order valence-corrected chi connectivity index (χ1v) is 8.97. The Kier molecular flexibility index (Phi) is 7.64. The third kappa shape index (κ3) is 5.33. The second-order valence-corrected chi connectivity index (χ2v) is 7.26. The zero-order valence-electron chi connectivity index (χ0n) is 13.6. The fourth-order valence-electron chi connectivity index (χ4n) is 3.81. The maximum Gasteiger partial charge on any atom is 0.0819 e. The molecule has 5 heteroatoms. The van der Waals surface area contributed by atoms with Crippen molar-refractivity contribution in [3.05, 3.63) is 34.9 Å². The van der Waals surface area contributed by atoms with E-state index in [0.29, 0.717) is 5.92 Å². The van der Waals surface area contributed by atoms with E-state index in [-0.39, 0.29) is 18.5 Å². The van der Waals surface area contributed by atoms with Crippen molar-refractivity contribution in [2.24, 2.45) is 11.8 Å². The van der Waals surface area contributed by atoms with Crippen LogP contribution >= 0.6 is 24.0 Å². The van der Waals surface area contributed by atoms with Gasteiger partial charge < -0.3 is 15.3 Å². The van der Waals surface area contributed by atoms with Crippen molar-refractivity contribution in [2.45, 2.75) is 31.8 Å². The van der Waals surface area contributed by atoms with Gasteiger partial charge in [0.15, 0.2) is 0 Å². The normalized spacial score (nSPS) is 22.5. The largest absolute Gasteiger partial charge is 0.388 e. The van der Waals surface area contributed by atoms with E-state index in [1.54, 1.807) is 0 Å². The summed E-state index contributed by atoms with van der Waals surface area (Å²) in [6.07, 6.45) is 4.46. The number of nitrogens with zero attached hydrogens (tertiary/aromatic N) is 1. The van der Waals surface area contributed by atoms with Gasteiger partial charge in [0.25, 0.3) is 0 Å². The second-order valence-electron chi connectivity index (χ2n) is 6.83. The standard InChI is InChI=1S/C18H27ClN2O.ClH/c19-17-3-1-15(2-4-17)18(22)16-7-11-21(12-8-16)13-14-5-9-20-10-6-14;/h1-4,14,16,18,20,22H,5-13H2;1H. The van der Waals surface area contributed by atoms with Crippen LogP contribution in [-0.4, -0.2) is 42.7 Å². The minimum absolute atomic E-state index is 0. The SMILES string of the molecule is Cl.OC(c1ccc(Cl)cc1)C1CCN(CC2CCNCC2)CC1. The van der Waals surface area contributed by atoms with Crippen molar-refractivity contribution in [1.29, 1.82) is 0 Å². The highest BCUT2D eigenvalue weighted by Crippen LogP contribution is 2.31. The summed E-state index contributed by atoms with van der Waals surface area (Å²) in [5.41, 5.74) is 1.00. The Labute approximate surface area is 150 Å². The number of nitrogens with one attached hydrogen (secondary N) is 1. The molecule has 0 spiro atoms. The van der Waals surface area contributed by atoms with E-state index in [0.717, 1.165) is 42.4 Å². The van der Waals surface area contributed by atoms with Gasteiger partial charge in [0, 0.05) is 11.6 Å². The van der Waals surface area contributed by atoms with Gasteiger partial charge in [-0.2, -0.15) is 0 Å². The van der Waals surface area contributed by atoms with Gasteiger partial charge in [0.05, 0.1) is 6.10 Å². The number of piperidine rings is 2. The van der Waals surface area contributed by atoms with Crippen molar-refractivity contribution < 1.29 is 5.11 Å². The summed E-state index contributed by atoms with van der Waals surface area (Å²) < 4.78 is 0. The number of benzene rings is 1. The van der Waals surface area contributed by atoms with Crippen LogP contribution in [0.4, 0.5) is 0 Å². The molecule has 3 rings (SSSR count). The molecule has 2 heterocycles. The molecule has 1 unspecified atom stereocenters. The minimum atomic E-state index is -0.349. The molecule has 1 aromatic carbocycles. The van der Waals surface area contributed by atoms with Crippen LogP contribution in [0.5, 0.6) is 0 Å². The lowest BCUT2D eigenvalue weighted by Crippen LogP contribution is -2.41. The molecule has 23 heavy (non-hydrogen) atoms. The van der Waals surface area contributed by atoms with Crippen LogP contribution in [0.25, 0.3) is 0 Å². The predicted octanol–water partition coefficient (Wildman–Crippen LogP) is 3.51. The molecular formula is C18H28Cl2N2O. The molecule has 0 amide bonds. The summed E-state index contributed by atoms with van der Waals surface area (Å²) in [5.74, 6) is 1.24. The van der Waals surface area contributed by atoms with Gasteiger partial charge in [-0.3, -0.25) is 0 Å². The van der Waals surface area contributed by atoms with Crippen molar-refractivity contribution in [1.82, 2.24) is 10.2 Å². The summed E-state index contributed by atoms with van der Waals surface area (Å²) in [5, 5.41) is 14.7. The monoisotopic (exact) mass is 358 g/mol. The molecule has 0 saturated carbocycles. The molecule has 3 nitrogen and oxygen atoms in total. The fourth-order valence-corrected chi connectivity index (χ4v) is 3.94. The van der Waals surface area contributed by atoms with Crippen LogP contribution in [0, 0.1) is 11.8 Å². The molecule has 130 valence electrons. The van der Waals surface area contributed by atoms with E-state index in [9.17, 15) is 5.11 Å². The van der Waals surface area contributed by atoms with Crippen molar-refractivity contribution in [3.63, 3.8) is 0 Å². The first-order chi connectivity index (χ1) is 10.7. The van der Waals surface area contributed by atoms with Gasteiger partial charge in [-0.25, -0.2) is 0 Å². The highest BCUT2D eigenvalue weighted by atomic mass is 35.5. The van der Waals surface area contributed by atoms with E-state index in [2.05, 4.69) is 10.2 Å². The molecule has 1 atom stereocenters. The van der Waals surface area contributed by atoms with Crippen LogP contribution in [-0.2, 0) is 0 Å². The Bertz CT molecular complexity index is 455. The Morgan fingerprint density at radius 3 is 2.30 bits per heavy atom. The van der Waals surface area contributed by atoms with E-state index < -0.39 is 0 Å². The zero-order chi connectivity index (χ0) is 15.4. The summed E-state index contributed by atoms with van der Waals surface area (Å²) in [4.78, 5) is 2.60. The third-order valence-corrected chi connectivity index (χ3v) is 5.52. The molecule has 1 aromatic rings. The molecule has 2 N–H and O–H groups in total. The van der Waals surface area contributed by atoms with Gasteiger partial charge >= 0.3 is 0 Å². The Balaban J connectivity index is 0.00000192. The average Bonchev–Trinajstić information content (AvgIpc) is 2.57. The topological polar surface area (TPSA) is 35.5 Å². The quantitative estimate of drug-likeness (QED) is 0.864. The maximum absolute atomic E-state index is 10.6. The number of aliphatic hydroxyl groups is 1. The Morgan fingerprint density at radius 1 is 1.09 bits per heavy atom. The summed E-state index contributed by atoms with van der Waals surface area (Å²) in [6.45, 7) is 5.84. The van der Waals surface area contributed by atoms with Crippen molar-refractivity contribution in [2.75, 3.05) is 32.7 Å². The van der Waals surface area contributed by atoms with Gasteiger partial charge in [0.2, 0.25) is 0 Å². The van der Waals surface area contributed by atoms with Crippen LogP contribution in [0.1, 0.15) is 37.4 Å². The molecule has 2 fully saturated rings. The lowest BCUT2D eigenvalue weighted by Gasteiger charge is -2.37.